The molecule has 1 N–H and O–H groups in total. The van der Waals surface area contributed by atoms with Crippen LogP contribution in [0, 0.1) is 18.7 Å². The number of rotatable bonds is 3. The van der Waals surface area contributed by atoms with E-state index in [2.05, 4.69) is 56.9 Å². The number of para-hydroxylation sites is 1. The summed E-state index contributed by atoms with van der Waals surface area (Å²) in [6.07, 6.45) is 1.97. The third-order valence-corrected chi connectivity index (χ3v) is 5.03. The maximum Gasteiger partial charge on any atom is 0.147 e. The Labute approximate surface area is 144 Å². The molecule has 3 aromatic rings. The van der Waals surface area contributed by atoms with Crippen LogP contribution < -0.4 is 0 Å². The third kappa shape index (κ3) is 2.98. The van der Waals surface area contributed by atoms with Crippen molar-refractivity contribution >= 4 is 10.9 Å². The number of aromatic nitrogens is 1. The molecule has 0 saturated carbocycles. The minimum absolute atomic E-state index is 0.167. The van der Waals surface area contributed by atoms with Gasteiger partial charge in [0.1, 0.15) is 5.82 Å². The van der Waals surface area contributed by atoms with Crippen LogP contribution in [0.15, 0.2) is 48.7 Å². The first-order valence-electron chi connectivity index (χ1n) is 8.78. The van der Waals surface area contributed by atoms with Gasteiger partial charge in [0.2, 0.25) is 0 Å². The van der Waals surface area contributed by atoms with E-state index < -0.39 is 0 Å². The first-order chi connectivity index (χ1) is 11.4. The Bertz CT molecular complexity index is 798. The summed E-state index contributed by atoms with van der Waals surface area (Å²) in [5.74, 6) is 0.191. The fraction of sp³-hybridized carbons (Fsp3) is 0.364. The van der Waals surface area contributed by atoms with Crippen LogP contribution in [0.4, 0.5) is 4.39 Å². The summed E-state index contributed by atoms with van der Waals surface area (Å²) in [6, 6.07) is 13.9. The highest BCUT2D eigenvalue weighted by atomic mass is 19.1. The van der Waals surface area contributed by atoms with E-state index in [0.29, 0.717) is 11.4 Å². The summed E-state index contributed by atoms with van der Waals surface area (Å²) in [5, 5.41) is 0.969. The molecule has 2 heteroatoms. The predicted octanol–water partition coefficient (Wildman–Crippen LogP) is 6.60. The van der Waals surface area contributed by atoms with Gasteiger partial charge in [0.25, 0.3) is 0 Å². The average molecular weight is 325 g/mol. The van der Waals surface area contributed by atoms with Crippen LogP contribution in [0.1, 0.15) is 51.3 Å². The minimum atomic E-state index is -0.196. The second-order valence-electron chi connectivity index (χ2n) is 6.59. The maximum absolute atomic E-state index is 14.0. The first-order valence-corrected chi connectivity index (χ1v) is 8.78. The number of H-pyrrole nitrogens is 1. The zero-order chi connectivity index (χ0) is 17.9. The Morgan fingerprint density at radius 3 is 2.21 bits per heavy atom. The summed E-state index contributed by atoms with van der Waals surface area (Å²) in [4.78, 5) is 3.12. The standard InChI is InChI=1S/C20H22FN.C2H6/c1-13(2)20(4,15-10-8-14(3)9-11-15)17-12-22-19-16(17)6-5-7-18(19)21;1-2/h5-13,22H,1-4H3;1-2H3. The molecule has 0 fully saturated rings. The molecule has 0 aliphatic carbocycles. The van der Waals surface area contributed by atoms with Crippen molar-refractivity contribution < 1.29 is 4.39 Å². The Morgan fingerprint density at radius 2 is 1.62 bits per heavy atom. The van der Waals surface area contributed by atoms with Gasteiger partial charge >= 0.3 is 0 Å². The summed E-state index contributed by atoms with van der Waals surface area (Å²) in [5.41, 5.74) is 4.09. The molecule has 0 bridgehead atoms. The molecule has 1 aromatic heterocycles. The van der Waals surface area contributed by atoms with Crippen molar-refractivity contribution in [2.24, 2.45) is 5.92 Å². The van der Waals surface area contributed by atoms with Gasteiger partial charge in [-0.25, -0.2) is 4.39 Å². The second-order valence-corrected chi connectivity index (χ2v) is 6.59. The van der Waals surface area contributed by atoms with Crippen LogP contribution in [-0.2, 0) is 5.41 Å². The van der Waals surface area contributed by atoms with Crippen molar-refractivity contribution in [3.05, 3.63) is 71.2 Å². The van der Waals surface area contributed by atoms with Crippen LogP contribution in [-0.4, -0.2) is 4.98 Å². The molecule has 1 unspecified atom stereocenters. The van der Waals surface area contributed by atoms with Crippen LogP contribution >= 0.6 is 0 Å². The number of aryl methyl sites for hydroxylation is 1. The van der Waals surface area contributed by atoms with Gasteiger partial charge in [0.05, 0.1) is 5.52 Å². The number of benzene rings is 2. The topological polar surface area (TPSA) is 15.8 Å². The molecule has 1 nitrogen and oxygen atoms in total. The van der Waals surface area contributed by atoms with E-state index >= 15 is 0 Å². The number of nitrogens with one attached hydrogen (secondary N) is 1. The molecule has 0 amide bonds. The van der Waals surface area contributed by atoms with Crippen LogP contribution in [0.2, 0.25) is 0 Å². The molecule has 24 heavy (non-hydrogen) atoms. The van der Waals surface area contributed by atoms with Crippen molar-refractivity contribution in [2.45, 2.75) is 47.0 Å². The number of fused-ring (bicyclic) bond motifs is 1. The van der Waals surface area contributed by atoms with E-state index in [4.69, 9.17) is 0 Å². The Morgan fingerprint density at radius 1 is 1.00 bits per heavy atom. The van der Waals surface area contributed by atoms with E-state index in [9.17, 15) is 4.39 Å². The van der Waals surface area contributed by atoms with Gasteiger partial charge in [0.15, 0.2) is 0 Å². The molecule has 0 saturated heterocycles. The largest absolute Gasteiger partial charge is 0.358 e. The normalized spacial score (nSPS) is 13.5. The molecule has 3 rings (SSSR count). The van der Waals surface area contributed by atoms with Crippen molar-refractivity contribution in [3.8, 4) is 0 Å². The lowest BCUT2D eigenvalue weighted by Gasteiger charge is -2.35. The van der Waals surface area contributed by atoms with Crippen molar-refractivity contribution in [2.75, 3.05) is 0 Å². The average Bonchev–Trinajstić information content (AvgIpc) is 3.02. The van der Waals surface area contributed by atoms with Crippen molar-refractivity contribution in [1.82, 2.24) is 4.98 Å². The van der Waals surface area contributed by atoms with E-state index in [0.717, 1.165) is 10.9 Å². The van der Waals surface area contributed by atoms with Gasteiger partial charge in [0, 0.05) is 17.0 Å². The zero-order valence-electron chi connectivity index (χ0n) is 15.6. The molecular formula is C22H28FN. The second kappa shape index (κ2) is 7.21. The minimum Gasteiger partial charge on any atom is -0.358 e. The number of aromatic amines is 1. The van der Waals surface area contributed by atoms with Gasteiger partial charge in [-0.05, 0) is 30.0 Å². The van der Waals surface area contributed by atoms with E-state index in [1.54, 1.807) is 6.07 Å². The lowest BCUT2D eigenvalue weighted by Crippen LogP contribution is -2.29. The molecule has 0 aliphatic heterocycles. The van der Waals surface area contributed by atoms with Gasteiger partial charge in [-0.15, -0.1) is 0 Å². The highest BCUT2D eigenvalue weighted by molar-refractivity contribution is 5.85. The SMILES string of the molecule is CC.Cc1ccc(C(C)(c2c[nH]c3c(F)cccc23)C(C)C)cc1. The molecule has 0 spiro atoms. The molecule has 2 aromatic carbocycles. The maximum atomic E-state index is 14.0. The van der Waals surface area contributed by atoms with Crippen molar-refractivity contribution in [1.29, 1.82) is 0 Å². The number of halogens is 1. The fourth-order valence-corrected chi connectivity index (χ4v) is 3.25. The zero-order valence-corrected chi connectivity index (χ0v) is 15.6. The molecule has 1 atom stereocenters. The highest BCUT2D eigenvalue weighted by Gasteiger charge is 2.34. The molecule has 128 valence electrons. The van der Waals surface area contributed by atoms with Crippen LogP contribution in [0.25, 0.3) is 10.9 Å². The van der Waals surface area contributed by atoms with Gasteiger partial charge in [-0.2, -0.15) is 0 Å². The van der Waals surface area contributed by atoms with Gasteiger partial charge in [-0.3, -0.25) is 0 Å². The summed E-state index contributed by atoms with van der Waals surface area (Å²) in [6.45, 7) is 12.8. The van der Waals surface area contributed by atoms with Crippen LogP contribution in [0.3, 0.4) is 0 Å². The highest BCUT2D eigenvalue weighted by Crippen LogP contribution is 2.42. The van der Waals surface area contributed by atoms with E-state index in [1.807, 2.05) is 26.1 Å². The monoisotopic (exact) mass is 325 g/mol. The first kappa shape index (κ1) is 18.3. The lowest BCUT2D eigenvalue weighted by atomic mass is 9.68. The quantitative estimate of drug-likeness (QED) is 0.558. The van der Waals surface area contributed by atoms with Gasteiger partial charge < -0.3 is 4.98 Å². The van der Waals surface area contributed by atoms with Crippen LogP contribution in [0.5, 0.6) is 0 Å². The smallest absolute Gasteiger partial charge is 0.147 e. The predicted molar refractivity (Wildman–Crippen MR) is 102 cm³/mol. The molecule has 0 aliphatic rings. The van der Waals surface area contributed by atoms with E-state index in [1.165, 1.54) is 17.2 Å². The molecular weight excluding hydrogens is 297 g/mol. The lowest BCUT2D eigenvalue weighted by molar-refractivity contribution is 0.408. The Balaban J connectivity index is 0.00000100. The Hall–Kier alpha value is -2.09. The van der Waals surface area contributed by atoms with Gasteiger partial charge in [-0.1, -0.05) is 76.6 Å². The van der Waals surface area contributed by atoms with E-state index in [-0.39, 0.29) is 11.2 Å². The van der Waals surface area contributed by atoms with Crippen molar-refractivity contribution in [3.63, 3.8) is 0 Å². The summed E-state index contributed by atoms with van der Waals surface area (Å²) < 4.78 is 14.0. The number of hydrogen-bond acceptors (Lipinski definition) is 0. The summed E-state index contributed by atoms with van der Waals surface area (Å²) in [7, 11) is 0. The third-order valence-electron chi connectivity index (χ3n) is 5.03. The molecule has 1 heterocycles. The molecule has 0 radical (unpaired) electrons. The summed E-state index contributed by atoms with van der Waals surface area (Å²) >= 11 is 0. The Kier molecular flexibility index (Phi) is 5.48. The fourth-order valence-electron chi connectivity index (χ4n) is 3.25. The number of hydrogen-bond donors (Lipinski definition) is 1.